The van der Waals surface area contributed by atoms with Crippen LogP contribution < -0.4 is 4.74 Å². The molecule has 2 heterocycles. The smallest absolute Gasteiger partial charge is 0.287 e. The molecular weight excluding hydrogens is 340 g/mol. The van der Waals surface area contributed by atoms with E-state index < -0.39 is 0 Å². The molecule has 0 aliphatic carbocycles. The van der Waals surface area contributed by atoms with E-state index in [0.29, 0.717) is 5.89 Å². The Kier molecular flexibility index (Phi) is 5.50. The zero-order chi connectivity index (χ0) is 17.8. The minimum Gasteiger partial charge on any atom is -0.484 e. The van der Waals surface area contributed by atoms with Gasteiger partial charge in [0.1, 0.15) is 12.3 Å². The summed E-state index contributed by atoms with van der Waals surface area (Å²) in [6.07, 6.45) is 0. The summed E-state index contributed by atoms with van der Waals surface area (Å²) < 4.78 is 12.5. The van der Waals surface area contributed by atoms with Crippen molar-refractivity contribution in [2.24, 2.45) is 0 Å². The zero-order valence-corrected chi connectivity index (χ0v) is 15.3. The van der Waals surface area contributed by atoms with E-state index in [1.165, 1.54) is 4.68 Å². The van der Waals surface area contributed by atoms with Crippen molar-refractivity contribution in [3.8, 4) is 5.75 Å². The van der Waals surface area contributed by atoms with Crippen LogP contribution in [0.25, 0.3) is 0 Å². The number of likely N-dealkylation sites (N-methyl/N-ethyl adjacent to an activating group) is 1. The van der Waals surface area contributed by atoms with Gasteiger partial charge in [-0.05, 0) is 43.9 Å². The fraction of sp³-hybridized carbons (Fsp3) is 0.471. The van der Waals surface area contributed by atoms with Crippen molar-refractivity contribution in [1.82, 2.24) is 19.6 Å². The van der Waals surface area contributed by atoms with Crippen LogP contribution in [0.15, 0.2) is 28.7 Å². The predicted molar refractivity (Wildman–Crippen MR) is 94.9 cm³/mol. The first-order valence-electron chi connectivity index (χ1n) is 8.24. The van der Waals surface area contributed by atoms with E-state index in [9.17, 15) is 4.79 Å². The van der Waals surface area contributed by atoms with Crippen LogP contribution in [0.4, 0.5) is 0 Å². The number of hydrogen-bond donors (Lipinski definition) is 0. The molecule has 1 aromatic heterocycles. The van der Waals surface area contributed by atoms with E-state index in [4.69, 9.17) is 21.4 Å². The molecule has 1 amide bonds. The largest absolute Gasteiger partial charge is 0.484 e. The van der Waals surface area contributed by atoms with Crippen molar-refractivity contribution in [2.45, 2.75) is 20.1 Å². The van der Waals surface area contributed by atoms with Crippen LogP contribution in [0.5, 0.6) is 5.75 Å². The molecule has 0 N–H and O–H groups in total. The van der Waals surface area contributed by atoms with E-state index in [1.54, 1.807) is 0 Å². The number of amides is 1. The van der Waals surface area contributed by atoms with Crippen molar-refractivity contribution in [2.75, 3.05) is 33.2 Å². The molecule has 1 aliphatic rings. The summed E-state index contributed by atoms with van der Waals surface area (Å²) in [4.78, 5) is 16.6. The Balaban J connectivity index is 1.58. The van der Waals surface area contributed by atoms with Crippen LogP contribution >= 0.6 is 12.2 Å². The summed E-state index contributed by atoms with van der Waals surface area (Å²) in [5.41, 5.74) is 1.11. The summed E-state index contributed by atoms with van der Waals surface area (Å²) in [5, 5.41) is 4.26. The average molecular weight is 362 g/mol. The van der Waals surface area contributed by atoms with Crippen LogP contribution in [0.3, 0.4) is 0 Å². The maximum atomic E-state index is 12.4. The monoisotopic (exact) mass is 362 g/mol. The maximum absolute atomic E-state index is 12.4. The molecule has 0 spiro atoms. The van der Waals surface area contributed by atoms with Gasteiger partial charge in [0.25, 0.3) is 10.7 Å². The van der Waals surface area contributed by atoms with Crippen molar-refractivity contribution in [3.63, 3.8) is 0 Å². The Morgan fingerprint density at radius 2 is 2.08 bits per heavy atom. The summed E-state index contributed by atoms with van der Waals surface area (Å²) in [6, 6.07) is 7.73. The van der Waals surface area contributed by atoms with E-state index >= 15 is 0 Å². The van der Waals surface area contributed by atoms with Gasteiger partial charge in [-0.3, -0.25) is 4.79 Å². The quantitative estimate of drug-likeness (QED) is 0.757. The number of carbonyl (C=O) groups excluding carboxylic acids is 1. The van der Waals surface area contributed by atoms with E-state index in [2.05, 4.69) is 17.0 Å². The van der Waals surface area contributed by atoms with Gasteiger partial charge in [0.05, 0.1) is 0 Å². The number of hydrogen-bond acceptors (Lipinski definition) is 6. The van der Waals surface area contributed by atoms with Gasteiger partial charge >= 0.3 is 0 Å². The van der Waals surface area contributed by atoms with Crippen molar-refractivity contribution in [1.29, 1.82) is 0 Å². The van der Waals surface area contributed by atoms with Gasteiger partial charge in [0, 0.05) is 26.2 Å². The van der Waals surface area contributed by atoms with Crippen molar-refractivity contribution < 1.29 is 13.9 Å². The highest BCUT2D eigenvalue weighted by atomic mass is 32.1. The third kappa shape index (κ3) is 4.67. The number of aromatic nitrogens is 2. The number of benzene rings is 1. The number of aryl methyl sites for hydroxylation is 1. The molecule has 8 heteroatoms. The van der Waals surface area contributed by atoms with Crippen molar-refractivity contribution in [3.05, 3.63) is 40.6 Å². The lowest BCUT2D eigenvalue weighted by Crippen LogP contribution is -2.48. The third-order valence-corrected chi connectivity index (χ3v) is 4.44. The minimum absolute atomic E-state index is 0.00338. The van der Waals surface area contributed by atoms with E-state index in [-0.39, 0.29) is 23.9 Å². The summed E-state index contributed by atoms with van der Waals surface area (Å²) in [5.74, 6) is 1.10. The molecule has 1 aromatic carbocycles. The molecule has 0 radical (unpaired) electrons. The molecule has 7 nitrogen and oxygen atoms in total. The molecule has 1 saturated heterocycles. The second-order valence-corrected chi connectivity index (χ2v) is 6.56. The van der Waals surface area contributed by atoms with Crippen LogP contribution in [-0.4, -0.2) is 58.7 Å². The number of ether oxygens (including phenoxy) is 1. The van der Waals surface area contributed by atoms with Gasteiger partial charge in [0.15, 0.2) is 6.61 Å². The van der Waals surface area contributed by atoms with Gasteiger partial charge in [0.2, 0.25) is 5.91 Å². The first-order chi connectivity index (χ1) is 12.0. The highest BCUT2D eigenvalue weighted by Crippen LogP contribution is 2.14. The fourth-order valence-corrected chi connectivity index (χ4v) is 2.84. The first kappa shape index (κ1) is 17.6. The molecule has 134 valence electrons. The standard InChI is InChI=1S/C17H22N4O3S/c1-13-4-3-5-14(10-13)23-12-15-18-21(17(25)24-15)11-16(22)20-8-6-19(2)7-9-20/h3-5,10H,6-9,11-12H2,1-2H3. The maximum Gasteiger partial charge on any atom is 0.287 e. The third-order valence-electron chi connectivity index (χ3n) is 4.14. The molecule has 1 aliphatic heterocycles. The normalized spacial score (nSPS) is 15.4. The van der Waals surface area contributed by atoms with Crippen molar-refractivity contribution >= 4 is 18.1 Å². The molecule has 1 fully saturated rings. The van der Waals surface area contributed by atoms with E-state index in [0.717, 1.165) is 37.5 Å². The van der Waals surface area contributed by atoms with E-state index in [1.807, 2.05) is 36.1 Å². The summed E-state index contributed by atoms with van der Waals surface area (Å²) >= 11 is 5.16. The second-order valence-electron chi connectivity index (χ2n) is 6.21. The number of piperazine rings is 1. The molecule has 25 heavy (non-hydrogen) atoms. The molecule has 0 atom stereocenters. The van der Waals surface area contributed by atoms with Crippen LogP contribution in [-0.2, 0) is 17.9 Å². The van der Waals surface area contributed by atoms with Gasteiger partial charge < -0.3 is 19.0 Å². The zero-order valence-electron chi connectivity index (χ0n) is 14.5. The molecule has 3 rings (SSSR count). The Bertz CT molecular complexity index is 793. The Morgan fingerprint density at radius 3 is 2.80 bits per heavy atom. The number of nitrogens with zero attached hydrogens (tertiary/aromatic N) is 4. The lowest BCUT2D eigenvalue weighted by atomic mass is 10.2. The fourth-order valence-electron chi connectivity index (χ4n) is 2.64. The SMILES string of the molecule is Cc1cccc(OCc2nn(CC(=O)N3CCN(C)CC3)c(=S)o2)c1. The molecule has 0 bridgehead atoms. The second kappa shape index (κ2) is 7.79. The Morgan fingerprint density at radius 1 is 1.32 bits per heavy atom. The molecule has 0 unspecified atom stereocenters. The Hall–Kier alpha value is -2.19. The van der Waals surface area contributed by atoms with Gasteiger partial charge in [-0.25, -0.2) is 4.68 Å². The van der Waals surface area contributed by atoms with Crippen LogP contribution in [0.1, 0.15) is 11.5 Å². The lowest BCUT2D eigenvalue weighted by Gasteiger charge is -2.32. The van der Waals surface area contributed by atoms with Gasteiger partial charge in [-0.2, -0.15) is 0 Å². The topological polar surface area (TPSA) is 63.7 Å². The van der Waals surface area contributed by atoms with Crippen LogP contribution in [0.2, 0.25) is 0 Å². The van der Waals surface area contributed by atoms with Gasteiger partial charge in [-0.1, -0.05) is 12.1 Å². The minimum atomic E-state index is 0.00338. The van der Waals surface area contributed by atoms with Gasteiger partial charge in [-0.15, -0.1) is 5.10 Å². The first-order valence-corrected chi connectivity index (χ1v) is 8.65. The summed E-state index contributed by atoms with van der Waals surface area (Å²) in [7, 11) is 2.05. The Labute approximate surface area is 151 Å². The highest BCUT2D eigenvalue weighted by Gasteiger charge is 2.20. The number of carbonyl (C=O) groups is 1. The summed E-state index contributed by atoms with van der Waals surface area (Å²) in [6.45, 7) is 5.47. The molecule has 0 saturated carbocycles. The number of rotatable bonds is 5. The molecular formula is C17H22N4O3S. The average Bonchev–Trinajstić information content (AvgIpc) is 2.93. The molecule has 2 aromatic rings. The highest BCUT2D eigenvalue weighted by molar-refractivity contribution is 7.71. The van der Waals surface area contributed by atoms with Crippen LogP contribution in [0, 0.1) is 11.8 Å². The predicted octanol–water partition coefficient (Wildman–Crippen LogP) is 1.87. The lowest BCUT2D eigenvalue weighted by molar-refractivity contribution is -0.133.